The van der Waals surface area contributed by atoms with Gasteiger partial charge >= 0.3 is 0 Å². The first kappa shape index (κ1) is 14.4. The summed E-state index contributed by atoms with van der Waals surface area (Å²) in [6.45, 7) is 1.89. The van der Waals surface area contributed by atoms with E-state index in [4.69, 9.17) is 0 Å². The molecular weight excluding hydrogens is 298 g/mol. The van der Waals surface area contributed by atoms with E-state index >= 15 is 0 Å². The molecule has 0 aliphatic heterocycles. The largest absolute Gasteiger partial charge is 0.323 e. The lowest BCUT2D eigenvalue weighted by molar-refractivity contribution is -0.116. The molecule has 22 heavy (non-hydrogen) atoms. The number of carbonyl (C=O) groups excluding carboxylic acids is 1. The summed E-state index contributed by atoms with van der Waals surface area (Å²) >= 11 is 1.56. The van der Waals surface area contributed by atoms with E-state index in [1.165, 1.54) is 0 Å². The number of pyridine rings is 1. The number of nitrogens with zero attached hydrogens (tertiary/aromatic N) is 4. The normalized spacial score (nSPS) is 10.6. The number of carbonyl (C=O) groups is 1. The van der Waals surface area contributed by atoms with E-state index in [1.54, 1.807) is 36.0 Å². The van der Waals surface area contributed by atoms with Crippen LogP contribution in [-0.4, -0.2) is 25.4 Å². The fourth-order valence-corrected chi connectivity index (χ4v) is 2.72. The van der Waals surface area contributed by atoms with E-state index in [0.29, 0.717) is 24.3 Å². The Morgan fingerprint density at radius 3 is 2.91 bits per heavy atom. The van der Waals surface area contributed by atoms with Gasteiger partial charge in [0.1, 0.15) is 5.82 Å². The molecule has 0 unspecified atom stereocenters. The fraction of sp³-hybridized carbons (Fsp3) is 0.200. The maximum Gasteiger partial charge on any atom is 0.224 e. The minimum absolute atomic E-state index is 0.0535. The number of anilines is 1. The van der Waals surface area contributed by atoms with Crippen LogP contribution in [0.15, 0.2) is 42.3 Å². The van der Waals surface area contributed by atoms with Crippen LogP contribution >= 0.6 is 11.3 Å². The predicted molar refractivity (Wildman–Crippen MR) is 85.2 cm³/mol. The molecule has 7 heteroatoms. The highest BCUT2D eigenvalue weighted by atomic mass is 32.1. The van der Waals surface area contributed by atoms with Crippen LogP contribution in [0.1, 0.15) is 17.3 Å². The van der Waals surface area contributed by atoms with Crippen molar-refractivity contribution in [3.05, 3.63) is 53.1 Å². The molecule has 3 rings (SSSR count). The highest BCUT2D eigenvalue weighted by molar-refractivity contribution is 7.09. The smallest absolute Gasteiger partial charge is 0.224 e. The Morgan fingerprint density at radius 2 is 2.18 bits per heavy atom. The van der Waals surface area contributed by atoms with Crippen molar-refractivity contribution in [1.29, 1.82) is 0 Å². The Bertz CT molecular complexity index is 766. The lowest BCUT2D eigenvalue weighted by atomic mass is 10.3. The van der Waals surface area contributed by atoms with Gasteiger partial charge in [-0.1, -0.05) is 0 Å². The molecule has 6 nitrogen and oxygen atoms in total. The van der Waals surface area contributed by atoms with Gasteiger partial charge in [0.05, 0.1) is 10.7 Å². The molecule has 0 atom stereocenters. The summed E-state index contributed by atoms with van der Waals surface area (Å²) < 4.78 is 1.84. The Kier molecular flexibility index (Phi) is 4.24. The zero-order valence-corrected chi connectivity index (χ0v) is 12.9. The minimum atomic E-state index is -0.0535. The van der Waals surface area contributed by atoms with Crippen LogP contribution in [0.5, 0.6) is 0 Å². The fourth-order valence-electron chi connectivity index (χ4n) is 2.10. The third-order valence-corrected chi connectivity index (χ3v) is 4.00. The van der Waals surface area contributed by atoms with Gasteiger partial charge in [0.2, 0.25) is 5.91 Å². The molecule has 0 aliphatic carbocycles. The first-order chi connectivity index (χ1) is 10.7. The number of thiazole rings is 1. The lowest BCUT2D eigenvalue weighted by Crippen LogP contribution is -2.15. The monoisotopic (exact) mass is 313 g/mol. The molecule has 3 heterocycles. The van der Waals surface area contributed by atoms with Crippen molar-refractivity contribution in [2.24, 2.45) is 0 Å². The average Bonchev–Trinajstić information content (AvgIpc) is 3.17. The summed E-state index contributed by atoms with van der Waals surface area (Å²) in [6.07, 6.45) is 8.01. The van der Waals surface area contributed by atoms with Gasteiger partial charge in [0.15, 0.2) is 5.82 Å². The third-order valence-electron chi connectivity index (χ3n) is 3.16. The number of hydrogen-bond acceptors (Lipinski definition) is 5. The predicted octanol–water partition coefficient (Wildman–Crippen LogP) is 2.60. The maximum atomic E-state index is 12.1. The Balaban J connectivity index is 1.72. The van der Waals surface area contributed by atoms with Crippen molar-refractivity contribution in [2.75, 3.05) is 5.32 Å². The van der Waals surface area contributed by atoms with Crippen LogP contribution < -0.4 is 5.32 Å². The number of imidazole rings is 1. The number of amides is 1. The summed E-state index contributed by atoms with van der Waals surface area (Å²) in [5.74, 6) is 1.43. The molecule has 0 aliphatic rings. The molecule has 0 aromatic carbocycles. The van der Waals surface area contributed by atoms with E-state index in [1.807, 2.05) is 29.1 Å². The van der Waals surface area contributed by atoms with Crippen LogP contribution in [0.4, 0.5) is 5.69 Å². The number of nitrogens with one attached hydrogen (secondary N) is 1. The summed E-state index contributed by atoms with van der Waals surface area (Å²) in [5.41, 5.74) is 0.674. The topological polar surface area (TPSA) is 72.7 Å². The number of hydrogen-bond donors (Lipinski definition) is 1. The first-order valence-electron chi connectivity index (χ1n) is 6.87. The van der Waals surface area contributed by atoms with E-state index in [0.717, 1.165) is 10.8 Å². The minimum Gasteiger partial charge on any atom is -0.323 e. The molecule has 3 aromatic heterocycles. The molecule has 0 spiro atoms. The van der Waals surface area contributed by atoms with Gasteiger partial charge < -0.3 is 5.32 Å². The molecular formula is C15H15N5OS. The Labute approximate surface area is 131 Å². The first-order valence-corrected chi connectivity index (χ1v) is 7.75. The molecule has 0 radical (unpaired) electrons. The van der Waals surface area contributed by atoms with Crippen LogP contribution in [0, 0.1) is 6.92 Å². The van der Waals surface area contributed by atoms with Gasteiger partial charge in [-0.3, -0.25) is 9.36 Å². The van der Waals surface area contributed by atoms with Crippen LogP contribution in [0.2, 0.25) is 0 Å². The van der Waals surface area contributed by atoms with Gasteiger partial charge in [-0.05, 0) is 19.1 Å². The number of rotatable bonds is 5. The van der Waals surface area contributed by atoms with Crippen molar-refractivity contribution in [2.45, 2.75) is 19.8 Å². The molecule has 1 amide bonds. The maximum absolute atomic E-state index is 12.1. The van der Waals surface area contributed by atoms with E-state index in [2.05, 4.69) is 20.3 Å². The zero-order chi connectivity index (χ0) is 15.4. The number of aryl methyl sites for hydroxylation is 2. The van der Waals surface area contributed by atoms with Gasteiger partial charge in [-0.15, -0.1) is 11.3 Å². The van der Waals surface area contributed by atoms with Gasteiger partial charge in [-0.25, -0.2) is 15.0 Å². The van der Waals surface area contributed by atoms with Gasteiger partial charge in [0.25, 0.3) is 0 Å². The van der Waals surface area contributed by atoms with Crippen LogP contribution in [-0.2, 0) is 11.2 Å². The average molecular weight is 313 g/mol. The summed E-state index contributed by atoms with van der Waals surface area (Å²) in [7, 11) is 0. The Morgan fingerprint density at radius 1 is 1.27 bits per heavy atom. The quantitative estimate of drug-likeness (QED) is 0.786. The second-order valence-corrected chi connectivity index (χ2v) is 5.67. The van der Waals surface area contributed by atoms with Crippen molar-refractivity contribution >= 4 is 22.9 Å². The molecule has 3 aromatic rings. The van der Waals surface area contributed by atoms with E-state index in [-0.39, 0.29) is 5.91 Å². The van der Waals surface area contributed by atoms with Crippen molar-refractivity contribution in [3.63, 3.8) is 0 Å². The Hall–Kier alpha value is -2.54. The van der Waals surface area contributed by atoms with Gasteiger partial charge in [-0.2, -0.15) is 0 Å². The summed E-state index contributed by atoms with van der Waals surface area (Å²) in [4.78, 5) is 24.8. The molecule has 0 saturated heterocycles. The zero-order valence-electron chi connectivity index (χ0n) is 12.1. The number of aromatic nitrogens is 4. The second-order valence-electron chi connectivity index (χ2n) is 4.69. The molecule has 0 saturated carbocycles. The van der Waals surface area contributed by atoms with Crippen molar-refractivity contribution in [1.82, 2.24) is 19.5 Å². The highest BCUT2D eigenvalue weighted by Crippen LogP contribution is 2.19. The van der Waals surface area contributed by atoms with Gasteiger partial charge in [0, 0.05) is 43.0 Å². The van der Waals surface area contributed by atoms with Crippen LogP contribution in [0.25, 0.3) is 5.82 Å². The van der Waals surface area contributed by atoms with E-state index < -0.39 is 0 Å². The summed E-state index contributed by atoms with van der Waals surface area (Å²) in [5, 5.41) is 5.79. The molecule has 0 fully saturated rings. The standard InChI is InChI=1S/C15H15N5OS/c1-11-16-7-9-20(11)15-12(3-2-6-18-15)19-13(21)4-5-14-17-8-10-22-14/h2-3,6-10H,4-5H2,1H3,(H,19,21). The lowest BCUT2D eigenvalue weighted by Gasteiger charge is -2.11. The SMILES string of the molecule is Cc1nccn1-c1ncccc1NC(=O)CCc1nccs1. The molecule has 1 N–H and O–H groups in total. The van der Waals surface area contributed by atoms with Crippen molar-refractivity contribution in [3.8, 4) is 5.82 Å². The molecule has 0 bridgehead atoms. The third kappa shape index (κ3) is 3.20. The second kappa shape index (κ2) is 6.48. The summed E-state index contributed by atoms with van der Waals surface area (Å²) in [6, 6.07) is 3.63. The van der Waals surface area contributed by atoms with Crippen LogP contribution in [0.3, 0.4) is 0 Å². The van der Waals surface area contributed by atoms with Crippen molar-refractivity contribution < 1.29 is 4.79 Å². The van der Waals surface area contributed by atoms with E-state index in [9.17, 15) is 4.79 Å². The molecule has 112 valence electrons. The highest BCUT2D eigenvalue weighted by Gasteiger charge is 2.11.